The molecule has 1 aliphatic rings. The summed E-state index contributed by atoms with van der Waals surface area (Å²) in [5.74, 6) is -0.634. The number of esters is 1. The lowest BCUT2D eigenvalue weighted by Crippen LogP contribution is -2.34. The molecular formula is C25H20F2NO3+. The Balaban J connectivity index is 1.87. The zero-order valence-corrected chi connectivity index (χ0v) is 17.5. The van der Waals surface area contributed by atoms with Crippen LogP contribution in [0.1, 0.15) is 31.1 Å². The van der Waals surface area contributed by atoms with Crippen molar-refractivity contribution in [2.24, 2.45) is 7.05 Å². The van der Waals surface area contributed by atoms with Crippen molar-refractivity contribution >= 4 is 27.6 Å². The van der Waals surface area contributed by atoms with Gasteiger partial charge in [0.25, 0.3) is 0 Å². The van der Waals surface area contributed by atoms with Crippen LogP contribution in [0.3, 0.4) is 0 Å². The summed E-state index contributed by atoms with van der Waals surface area (Å²) in [4.78, 5) is 12.6. The highest BCUT2D eigenvalue weighted by Crippen LogP contribution is 2.46. The first kappa shape index (κ1) is 19.4. The van der Waals surface area contributed by atoms with Crippen LogP contribution in [0.4, 0.5) is 8.78 Å². The molecule has 0 bridgehead atoms. The van der Waals surface area contributed by atoms with E-state index in [9.17, 15) is 9.18 Å². The number of aromatic nitrogens is 1. The third kappa shape index (κ3) is 3.02. The van der Waals surface area contributed by atoms with Gasteiger partial charge in [-0.15, -0.1) is 0 Å². The minimum absolute atomic E-state index is 0.146. The van der Waals surface area contributed by atoms with Crippen LogP contribution in [0.5, 0.6) is 11.5 Å². The summed E-state index contributed by atoms with van der Waals surface area (Å²) in [5.41, 5.74) is 1.06. The smallest absolute Gasteiger partial charge is 0.341 e. The van der Waals surface area contributed by atoms with Crippen molar-refractivity contribution in [1.29, 1.82) is 0 Å². The molecule has 0 saturated heterocycles. The molecule has 0 atom stereocenters. The van der Waals surface area contributed by atoms with E-state index in [0.29, 0.717) is 28.0 Å². The number of rotatable bonds is 1. The third-order valence-electron chi connectivity index (χ3n) is 5.37. The highest BCUT2D eigenvalue weighted by atomic mass is 19.1. The van der Waals surface area contributed by atoms with Crippen LogP contribution in [0, 0.1) is 11.6 Å². The fourth-order valence-corrected chi connectivity index (χ4v) is 4.13. The summed E-state index contributed by atoms with van der Waals surface area (Å²) in [6.45, 7) is 5.19. The number of aryl methyl sites for hydroxylation is 1. The maximum Gasteiger partial charge on any atom is 0.341 e. The van der Waals surface area contributed by atoms with Crippen LogP contribution < -0.4 is 9.30 Å². The van der Waals surface area contributed by atoms with E-state index in [1.54, 1.807) is 26.8 Å². The zero-order valence-electron chi connectivity index (χ0n) is 17.5. The lowest BCUT2D eigenvalue weighted by Gasteiger charge is -2.21. The number of ether oxygens (including phenoxy) is 2. The molecule has 0 unspecified atom stereocenters. The minimum Gasteiger partial charge on any atom is -0.456 e. The van der Waals surface area contributed by atoms with E-state index in [4.69, 9.17) is 9.47 Å². The van der Waals surface area contributed by atoms with Gasteiger partial charge in [-0.25, -0.2) is 13.6 Å². The van der Waals surface area contributed by atoms with Gasteiger partial charge in [0.05, 0.1) is 16.3 Å². The lowest BCUT2D eigenvalue weighted by atomic mass is 9.95. The average Bonchev–Trinajstić information content (AvgIpc) is 2.69. The van der Waals surface area contributed by atoms with E-state index in [1.807, 2.05) is 29.8 Å². The number of carbonyl (C=O) groups excluding carboxylic acids is 1. The molecule has 4 aromatic rings. The first-order valence-electron chi connectivity index (χ1n) is 9.93. The first-order valence-corrected chi connectivity index (χ1v) is 9.93. The molecule has 2 heterocycles. The van der Waals surface area contributed by atoms with Crippen LogP contribution in [0.25, 0.3) is 32.9 Å². The van der Waals surface area contributed by atoms with Gasteiger partial charge in [-0.1, -0.05) is 12.1 Å². The van der Waals surface area contributed by atoms with Crippen molar-refractivity contribution in [3.05, 3.63) is 65.7 Å². The molecule has 0 fully saturated rings. The Morgan fingerprint density at radius 1 is 1.00 bits per heavy atom. The standard InChI is InChI=1S/C25H20F2NO3/c1-25(2,3)31-24(29)16-12-19-15(11-18(16)27)14-6-5-7-21-22(14)23(28(19)4)17-10-13(26)8-9-20(17)30-21/h5-12H,1-4H3/q+1. The Hall–Kier alpha value is -3.54. The first-order chi connectivity index (χ1) is 14.6. The number of pyridine rings is 1. The quantitative estimate of drug-likeness (QED) is 0.195. The molecule has 0 amide bonds. The molecule has 0 N–H and O–H groups in total. The van der Waals surface area contributed by atoms with Gasteiger partial charge >= 0.3 is 5.97 Å². The molecule has 6 heteroatoms. The molecule has 4 nitrogen and oxygen atoms in total. The van der Waals surface area contributed by atoms with Gasteiger partial charge in [-0.2, -0.15) is 4.57 Å². The summed E-state index contributed by atoms with van der Waals surface area (Å²) in [5, 5.41) is 2.14. The molecule has 0 aliphatic carbocycles. The van der Waals surface area contributed by atoms with Crippen LogP contribution in [0.15, 0.2) is 48.5 Å². The molecule has 1 aromatic heterocycles. The van der Waals surface area contributed by atoms with Gasteiger partial charge in [-0.05, 0) is 51.1 Å². The largest absolute Gasteiger partial charge is 0.456 e. The van der Waals surface area contributed by atoms with Crippen LogP contribution in [0.2, 0.25) is 0 Å². The van der Waals surface area contributed by atoms with E-state index in [1.165, 1.54) is 24.3 Å². The number of fused-ring (bicyclic) bond motifs is 4. The Kier molecular flexibility index (Phi) is 4.06. The zero-order chi connectivity index (χ0) is 22.1. The number of carbonyl (C=O) groups is 1. The fraction of sp³-hybridized carbons (Fsp3) is 0.200. The molecule has 0 spiro atoms. The molecule has 31 heavy (non-hydrogen) atoms. The van der Waals surface area contributed by atoms with Gasteiger partial charge in [0.1, 0.15) is 41.3 Å². The van der Waals surface area contributed by atoms with Gasteiger partial charge in [0, 0.05) is 11.5 Å². The number of benzene rings is 3. The van der Waals surface area contributed by atoms with Crippen molar-refractivity contribution in [3.63, 3.8) is 0 Å². The number of hydrogen-bond donors (Lipinski definition) is 0. The Morgan fingerprint density at radius 2 is 1.77 bits per heavy atom. The lowest BCUT2D eigenvalue weighted by molar-refractivity contribution is -0.632. The topological polar surface area (TPSA) is 39.4 Å². The molecule has 156 valence electrons. The van der Waals surface area contributed by atoms with Crippen molar-refractivity contribution in [2.45, 2.75) is 26.4 Å². The molecule has 1 aliphatic heterocycles. The Bertz CT molecular complexity index is 1420. The number of hydrogen-bond acceptors (Lipinski definition) is 3. The van der Waals surface area contributed by atoms with E-state index in [2.05, 4.69) is 0 Å². The van der Waals surface area contributed by atoms with Gasteiger partial charge in [0.15, 0.2) is 0 Å². The molecular weight excluding hydrogens is 400 g/mol. The summed E-state index contributed by atoms with van der Waals surface area (Å²) in [7, 11) is 1.81. The summed E-state index contributed by atoms with van der Waals surface area (Å²) >= 11 is 0. The van der Waals surface area contributed by atoms with Crippen molar-refractivity contribution in [3.8, 4) is 22.8 Å². The van der Waals surface area contributed by atoms with Crippen LogP contribution >= 0.6 is 0 Å². The number of halogens is 2. The summed E-state index contributed by atoms with van der Waals surface area (Å²) in [6, 6.07) is 12.7. The van der Waals surface area contributed by atoms with E-state index >= 15 is 4.39 Å². The summed E-state index contributed by atoms with van der Waals surface area (Å²) in [6.07, 6.45) is 0. The van der Waals surface area contributed by atoms with E-state index in [-0.39, 0.29) is 11.4 Å². The minimum atomic E-state index is -0.751. The predicted molar refractivity (Wildman–Crippen MR) is 113 cm³/mol. The second-order valence-corrected chi connectivity index (χ2v) is 8.68. The fourth-order valence-electron chi connectivity index (χ4n) is 4.13. The second kappa shape index (κ2) is 6.48. The molecule has 3 aromatic carbocycles. The number of nitrogens with zero attached hydrogens (tertiary/aromatic N) is 1. The highest BCUT2D eigenvalue weighted by Gasteiger charge is 2.32. The van der Waals surface area contributed by atoms with Gasteiger partial charge < -0.3 is 9.47 Å². The SMILES string of the molecule is C[n+]1c2c3c(cccc3c3cc(F)c(C(=O)OC(C)(C)C)cc31)Oc1ccc(F)cc1-2. The maximum absolute atomic E-state index is 15.0. The normalized spacial score (nSPS) is 12.6. The van der Waals surface area contributed by atoms with E-state index in [0.717, 1.165) is 16.5 Å². The van der Waals surface area contributed by atoms with Crippen molar-refractivity contribution in [2.75, 3.05) is 0 Å². The van der Waals surface area contributed by atoms with Gasteiger partial charge in [0.2, 0.25) is 11.2 Å². The Morgan fingerprint density at radius 3 is 2.52 bits per heavy atom. The van der Waals surface area contributed by atoms with E-state index < -0.39 is 17.4 Å². The van der Waals surface area contributed by atoms with Crippen LogP contribution in [-0.4, -0.2) is 11.6 Å². The van der Waals surface area contributed by atoms with Crippen LogP contribution in [-0.2, 0) is 11.8 Å². The van der Waals surface area contributed by atoms with Crippen molar-refractivity contribution < 1.29 is 27.6 Å². The predicted octanol–water partition coefficient (Wildman–Crippen LogP) is 5.82. The third-order valence-corrected chi connectivity index (χ3v) is 5.37. The molecule has 5 rings (SSSR count). The second-order valence-electron chi connectivity index (χ2n) is 8.68. The van der Waals surface area contributed by atoms with Crippen molar-refractivity contribution in [1.82, 2.24) is 0 Å². The maximum atomic E-state index is 15.0. The highest BCUT2D eigenvalue weighted by molar-refractivity contribution is 6.13. The monoisotopic (exact) mass is 420 g/mol. The summed E-state index contributed by atoms with van der Waals surface area (Å²) < 4.78 is 42.3. The molecule has 0 saturated carbocycles. The Labute approximate surface area is 177 Å². The van der Waals surface area contributed by atoms with Gasteiger partial charge in [-0.3, -0.25) is 0 Å². The molecule has 0 radical (unpaired) electrons. The average molecular weight is 420 g/mol.